The number of hydrogen-bond acceptors (Lipinski definition) is 3. The highest BCUT2D eigenvalue weighted by atomic mass is 32.2. The highest BCUT2D eigenvalue weighted by Crippen LogP contribution is 2.27. The molecule has 1 saturated heterocycles. The van der Waals surface area contributed by atoms with Crippen LogP contribution in [0.2, 0.25) is 0 Å². The zero-order valence-corrected chi connectivity index (χ0v) is 13.2. The molecule has 0 amide bonds. The van der Waals surface area contributed by atoms with E-state index in [1.165, 1.54) is 5.56 Å². The molecule has 2 rings (SSSR count). The molecule has 2 unspecified atom stereocenters. The van der Waals surface area contributed by atoms with E-state index >= 15 is 0 Å². The first-order valence-corrected chi connectivity index (χ1v) is 8.72. The van der Waals surface area contributed by atoms with Crippen LogP contribution < -0.4 is 0 Å². The number of benzene rings is 1. The molecule has 4 nitrogen and oxygen atoms in total. The van der Waals surface area contributed by atoms with Crippen molar-refractivity contribution in [2.24, 2.45) is 0 Å². The minimum atomic E-state index is -3.18. The number of nitrogens with zero attached hydrogens (tertiary/aromatic N) is 1. The smallest absolute Gasteiger partial charge is 0.214 e. The first kappa shape index (κ1) is 15.5. The van der Waals surface area contributed by atoms with Crippen molar-refractivity contribution >= 4 is 10.0 Å². The van der Waals surface area contributed by atoms with Gasteiger partial charge in [-0.25, -0.2) is 8.42 Å². The van der Waals surface area contributed by atoms with Crippen LogP contribution in [0.25, 0.3) is 0 Å². The number of sulfonamides is 1. The zero-order valence-electron chi connectivity index (χ0n) is 12.4. The van der Waals surface area contributed by atoms with E-state index in [2.05, 4.69) is 0 Å². The number of morpholine rings is 1. The van der Waals surface area contributed by atoms with E-state index in [9.17, 15) is 8.42 Å². The Kier molecular flexibility index (Phi) is 4.83. The van der Waals surface area contributed by atoms with Crippen molar-refractivity contribution in [3.63, 3.8) is 0 Å². The SMILES string of the molecule is CCCS(=O)(=O)N1CC(c2ccc(C)cc2)OCC1C. The van der Waals surface area contributed by atoms with Crippen LogP contribution in [0.15, 0.2) is 24.3 Å². The molecule has 0 aromatic heterocycles. The Labute approximate surface area is 121 Å². The molecule has 5 heteroatoms. The van der Waals surface area contributed by atoms with E-state index in [1.807, 2.05) is 45.0 Å². The van der Waals surface area contributed by atoms with Gasteiger partial charge >= 0.3 is 0 Å². The third-order valence-electron chi connectivity index (χ3n) is 3.64. The predicted molar refractivity (Wildman–Crippen MR) is 80.1 cm³/mol. The van der Waals surface area contributed by atoms with Crippen molar-refractivity contribution in [2.75, 3.05) is 18.9 Å². The van der Waals surface area contributed by atoms with Crippen LogP contribution in [0.5, 0.6) is 0 Å². The van der Waals surface area contributed by atoms with E-state index in [1.54, 1.807) is 4.31 Å². The lowest BCUT2D eigenvalue weighted by atomic mass is 10.1. The second kappa shape index (κ2) is 6.24. The van der Waals surface area contributed by atoms with Crippen LogP contribution in [-0.2, 0) is 14.8 Å². The molecule has 1 heterocycles. The summed E-state index contributed by atoms with van der Waals surface area (Å²) in [6.45, 7) is 6.68. The van der Waals surface area contributed by atoms with Gasteiger partial charge in [-0.15, -0.1) is 0 Å². The zero-order chi connectivity index (χ0) is 14.8. The van der Waals surface area contributed by atoms with Gasteiger partial charge in [-0.3, -0.25) is 0 Å². The van der Waals surface area contributed by atoms with Crippen molar-refractivity contribution in [3.05, 3.63) is 35.4 Å². The van der Waals surface area contributed by atoms with Crippen LogP contribution in [-0.4, -0.2) is 37.7 Å². The summed E-state index contributed by atoms with van der Waals surface area (Å²) in [4.78, 5) is 0. The molecule has 0 radical (unpaired) electrons. The van der Waals surface area contributed by atoms with E-state index < -0.39 is 10.0 Å². The van der Waals surface area contributed by atoms with Gasteiger partial charge in [0.25, 0.3) is 0 Å². The molecule has 1 fully saturated rings. The van der Waals surface area contributed by atoms with Gasteiger partial charge in [0.2, 0.25) is 10.0 Å². The van der Waals surface area contributed by atoms with Crippen LogP contribution in [0.3, 0.4) is 0 Å². The Morgan fingerprint density at radius 2 is 1.95 bits per heavy atom. The summed E-state index contributed by atoms with van der Waals surface area (Å²) >= 11 is 0. The first-order chi connectivity index (χ1) is 9.44. The van der Waals surface area contributed by atoms with Gasteiger partial charge in [0.1, 0.15) is 0 Å². The molecule has 1 aliphatic rings. The van der Waals surface area contributed by atoms with Gasteiger partial charge in [0, 0.05) is 12.6 Å². The van der Waals surface area contributed by atoms with E-state index in [4.69, 9.17) is 4.74 Å². The third kappa shape index (κ3) is 3.40. The maximum Gasteiger partial charge on any atom is 0.214 e. The summed E-state index contributed by atoms with van der Waals surface area (Å²) in [6.07, 6.45) is 0.472. The average molecular weight is 297 g/mol. The Morgan fingerprint density at radius 1 is 1.30 bits per heavy atom. The fraction of sp³-hybridized carbons (Fsp3) is 0.600. The normalized spacial score (nSPS) is 24.8. The summed E-state index contributed by atoms with van der Waals surface area (Å²) < 4.78 is 32.0. The second-order valence-electron chi connectivity index (χ2n) is 5.47. The lowest BCUT2D eigenvalue weighted by molar-refractivity contribution is -0.0288. The average Bonchev–Trinajstić information content (AvgIpc) is 2.40. The third-order valence-corrected chi connectivity index (χ3v) is 5.79. The summed E-state index contributed by atoms with van der Waals surface area (Å²) in [6, 6.07) is 8.00. The summed E-state index contributed by atoms with van der Waals surface area (Å²) in [5.41, 5.74) is 2.23. The summed E-state index contributed by atoms with van der Waals surface area (Å²) in [5.74, 6) is 0.206. The monoisotopic (exact) mass is 297 g/mol. The molecule has 1 aromatic rings. The number of rotatable bonds is 4. The van der Waals surface area contributed by atoms with Crippen molar-refractivity contribution < 1.29 is 13.2 Å². The van der Waals surface area contributed by atoms with Gasteiger partial charge in [-0.2, -0.15) is 4.31 Å². The van der Waals surface area contributed by atoms with Crippen LogP contribution in [0.4, 0.5) is 0 Å². The molecule has 1 aromatic carbocycles. The van der Waals surface area contributed by atoms with Gasteiger partial charge in [-0.1, -0.05) is 36.8 Å². The summed E-state index contributed by atoms with van der Waals surface area (Å²) in [7, 11) is -3.18. The maximum atomic E-state index is 12.3. The minimum absolute atomic E-state index is 0.0896. The predicted octanol–water partition coefficient (Wildman–Crippen LogP) is 2.50. The van der Waals surface area contributed by atoms with Crippen molar-refractivity contribution in [1.29, 1.82) is 0 Å². The minimum Gasteiger partial charge on any atom is -0.370 e. The molecule has 0 N–H and O–H groups in total. The molecular weight excluding hydrogens is 274 g/mol. The molecule has 0 saturated carbocycles. The highest BCUT2D eigenvalue weighted by Gasteiger charge is 2.34. The summed E-state index contributed by atoms with van der Waals surface area (Å²) in [5, 5.41) is 0. The number of ether oxygens (including phenoxy) is 1. The van der Waals surface area contributed by atoms with Crippen molar-refractivity contribution in [2.45, 2.75) is 39.3 Å². The van der Waals surface area contributed by atoms with Gasteiger partial charge in [-0.05, 0) is 25.8 Å². The first-order valence-electron chi connectivity index (χ1n) is 7.11. The standard InChI is InChI=1S/C15H23NO3S/c1-4-9-20(17,18)16-10-15(19-11-13(16)3)14-7-5-12(2)6-8-14/h5-8,13,15H,4,9-11H2,1-3H3. The van der Waals surface area contributed by atoms with Gasteiger partial charge < -0.3 is 4.74 Å². The largest absolute Gasteiger partial charge is 0.370 e. The fourth-order valence-corrected chi connectivity index (χ4v) is 4.20. The molecule has 20 heavy (non-hydrogen) atoms. The fourth-order valence-electron chi connectivity index (χ4n) is 2.48. The van der Waals surface area contributed by atoms with Crippen LogP contribution in [0.1, 0.15) is 37.5 Å². The Morgan fingerprint density at radius 3 is 2.55 bits per heavy atom. The number of hydrogen-bond donors (Lipinski definition) is 0. The molecule has 2 atom stereocenters. The van der Waals surface area contributed by atoms with Crippen molar-refractivity contribution in [1.82, 2.24) is 4.31 Å². The van der Waals surface area contributed by atoms with Gasteiger partial charge in [0.15, 0.2) is 0 Å². The Bertz CT molecular complexity index is 539. The Balaban J connectivity index is 2.17. The molecule has 1 aliphatic heterocycles. The highest BCUT2D eigenvalue weighted by molar-refractivity contribution is 7.89. The second-order valence-corrected chi connectivity index (χ2v) is 7.51. The molecule has 0 spiro atoms. The van der Waals surface area contributed by atoms with Gasteiger partial charge in [0.05, 0.1) is 18.5 Å². The Hall–Kier alpha value is -0.910. The quantitative estimate of drug-likeness (QED) is 0.858. The lowest BCUT2D eigenvalue weighted by Crippen LogP contribution is -2.48. The molecular formula is C15H23NO3S. The molecule has 112 valence electrons. The topological polar surface area (TPSA) is 46.6 Å². The van der Waals surface area contributed by atoms with Crippen molar-refractivity contribution in [3.8, 4) is 0 Å². The maximum absolute atomic E-state index is 12.3. The number of aryl methyl sites for hydroxylation is 1. The molecule has 0 aliphatic carbocycles. The van der Waals surface area contributed by atoms with Crippen LogP contribution >= 0.6 is 0 Å². The van der Waals surface area contributed by atoms with E-state index in [0.717, 1.165) is 5.56 Å². The van der Waals surface area contributed by atoms with E-state index in [0.29, 0.717) is 19.6 Å². The molecule has 0 bridgehead atoms. The van der Waals surface area contributed by atoms with E-state index in [-0.39, 0.29) is 17.9 Å². The van der Waals surface area contributed by atoms with Crippen LogP contribution in [0, 0.1) is 6.92 Å². The lowest BCUT2D eigenvalue weighted by Gasteiger charge is -2.37.